The van der Waals surface area contributed by atoms with E-state index >= 15 is 0 Å². The summed E-state index contributed by atoms with van der Waals surface area (Å²) >= 11 is 0. The summed E-state index contributed by atoms with van der Waals surface area (Å²) < 4.78 is 0. The number of hydrogen-bond acceptors (Lipinski definition) is 1. The van der Waals surface area contributed by atoms with Crippen molar-refractivity contribution in [3.05, 3.63) is 0 Å². The van der Waals surface area contributed by atoms with Gasteiger partial charge in [-0.1, -0.05) is 26.7 Å². The van der Waals surface area contributed by atoms with Gasteiger partial charge >= 0.3 is 0 Å². The third kappa shape index (κ3) is 2.19. The third-order valence-electron chi connectivity index (χ3n) is 2.88. The van der Waals surface area contributed by atoms with Crippen molar-refractivity contribution in [2.24, 2.45) is 11.8 Å². The summed E-state index contributed by atoms with van der Waals surface area (Å²) in [6.07, 6.45) is 5.97. The number of nitrogens with one attached hydrogen (secondary N) is 1. The quantitative estimate of drug-likeness (QED) is 0.570. The van der Waals surface area contributed by atoms with E-state index < -0.39 is 0 Å². The Balaban J connectivity index is 0.000000378. The van der Waals surface area contributed by atoms with Crippen LogP contribution in [0.25, 0.3) is 0 Å². The minimum Gasteiger partial charge on any atom is -0.316 e. The van der Waals surface area contributed by atoms with E-state index in [1.807, 2.05) is 13.8 Å². The van der Waals surface area contributed by atoms with E-state index in [-0.39, 0.29) is 1.43 Å². The molecule has 2 fully saturated rings. The molecule has 1 heteroatoms. The Morgan fingerprint density at radius 1 is 1.00 bits per heavy atom. The Morgan fingerprint density at radius 3 is 1.91 bits per heavy atom. The fourth-order valence-electron chi connectivity index (χ4n) is 2.28. The Labute approximate surface area is 72.1 Å². The maximum atomic E-state index is 3.46. The van der Waals surface area contributed by atoms with E-state index in [1.165, 1.54) is 38.8 Å². The fraction of sp³-hybridized carbons (Fsp3) is 1.00. The van der Waals surface area contributed by atoms with Crippen molar-refractivity contribution in [3.63, 3.8) is 0 Å². The van der Waals surface area contributed by atoms with Crippen LogP contribution in [0.1, 0.15) is 41.0 Å². The molecule has 1 saturated carbocycles. The molecule has 0 aromatic heterocycles. The molecule has 2 rings (SSSR count). The Bertz CT molecular complexity index is 94.0. The van der Waals surface area contributed by atoms with E-state index in [2.05, 4.69) is 5.32 Å². The zero-order chi connectivity index (χ0) is 8.10. The monoisotopic (exact) mass is 157 g/mol. The summed E-state index contributed by atoms with van der Waals surface area (Å²) in [5.41, 5.74) is 0. The lowest BCUT2D eigenvalue weighted by atomic mass is 9.82. The second-order valence-electron chi connectivity index (χ2n) is 3.46. The third-order valence-corrected chi connectivity index (χ3v) is 2.88. The molecule has 0 bridgehead atoms. The summed E-state index contributed by atoms with van der Waals surface area (Å²) in [4.78, 5) is 0. The first-order valence-corrected chi connectivity index (χ1v) is 5.17. The van der Waals surface area contributed by atoms with Crippen molar-refractivity contribution in [1.82, 2.24) is 5.32 Å². The van der Waals surface area contributed by atoms with Crippen LogP contribution in [0.3, 0.4) is 0 Å². The van der Waals surface area contributed by atoms with Gasteiger partial charge in [-0.05, 0) is 37.8 Å². The second kappa shape index (κ2) is 4.76. The molecular formula is C10H23N. The molecule has 0 radical (unpaired) electrons. The second-order valence-corrected chi connectivity index (χ2v) is 3.46. The summed E-state index contributed by atoms with van der Waals surface area (Å²) in [5, 5.41) is 3.46. The maximum absolute atomic E-state index is 3.46. The lowest BCUT2D eigenvalue weighted by Gasteiger charge is -2.23. The van der Waals surface area contributed by atoms with Crippen LogP contribution in [0, 0.1) is 11.8 Å². The highest BCUT2D eigenvalue weighted by Gasteiger charge is 2.28. The van der Waals surface area contributed by atoms with Crippen LogP contribution in [-0.2, 0) is 0 Å². The van der Waals surface area contributed by atoms with E-state index in [9.17, 15) is 0 Å². The molecule has 1 N–H and O–H groups in total. The Morgan fingerprint density at radius 2 is 1.45 bits per heavy atom. The van der Waals surface area contributed by atoms with Crippen LogP contribution in [0.2, 0.25) is 0 Å². The van der Waals surface area contributed by atoms with Crippen LogP contribution in [-0.4, -0.2) is 13.1 Å². The first-order chi connectivity index (χ1) is 5.47. The van der Waals surface area contributed by atoms with Crippen molar-refractivity contribution >= 4 is 0 Å². The van der Waals surface area contributed by atoms with Gasteiger partial charge in [0.1, 0.15) is 0 Å². The average Bonchev–Trinajstić information content (AvgIpc) is 2.55. The van der Waals surface area contributed by atoms with Gasteiger partial charge in [0.15, 0.2) is 0 Å². The predicted octanol–water partition coefficient (Wildman–Crippen LogP) is 2.67. The smallest absolute Gasteiger partial charge is 0 e. The van der Waals surface area contributed by atoms with E-state index in [0.29, 0.717) is 0 Å². The predicted molar refractivity (Wildman–Crippen MR) is 51.8 cm³/mol. The van der Waals surface area contributed by atoms with Gasteiger partial charge in [-0.2, -0.15) is 0 Å². The lowest BCUT2D eigenvalue weighted by Crippen LogP contribution is -2.16. The van der Waals surface area contributed by atoms with Gasteiger partial charge in [-0.3, -0.25) is 0 Å². The van der Waals surface area contributed by atoms with E-state index in [1.54, 1.807) is 0 Å². The van der Waals surface area contributed by atoms with Crippen LogP contribution >= 0.6 is 0 Å². The minimum atomic E-state index is 0. The van der Waals surface area contributed by atoms with Gasteiger partial charge in [-0.25, -0.2) is 0 Å². The molecule has 1 heterocycles. The molecule has 1 unspecified atom stereocenters. The molecule has 0 spiro atoms. The first kappa shape index (κ1) is 9.05. The van der Waals surface area contributed by atoms with Crippen molar-refractivity contribution in [2.75, 3.05) is 13.1 Å². The zero-order valence-electron chi connectivity index (χ0n) is 7.90. The van der Waals surface area contributed by atoms with Gasteiger partial charge in [0, 0.05) is 1.43 Å². The SMILES string of the molecule is C1CC[C@H]2CNCC2C1.CC.[HH]. The Kier molecular flexibility index (Phi) is 3.92. The average molecular weight is 157 g/mol. The topological polar surface area (TPSA) is 12.0 Å². The highest BCUT2D eigenvalue weighted by Crippen LogP contribution is 2.31. The van der Waals surface area contributed by atoms with Crippen molar-refractivity contribution < 1.29 is 1.43 Å². The molecule has 2 aliphatic rings. The molecule has 1 nitrogen and oxygen atoms in total. The molecule has 0 aromatic rings. The van der Waals surface area contributed by atoms with Gasteiger partial charge in [0.25, 0.3) is 0 Å². The number of rotatable bonds is 0. The van der Waals surface area contributed by atoms with Crippen molar-refractivity contribution in [3.8, 4) is 0 Å². The largest absolute Gasteiger partial charge is 0.316 e. The number of fused-ring (bicyclic) bond motifs is 1. The molecule has 2 atom stereocenters. The van der Waals surface area contributed by atoms with Crippen molar-refractivity contribution in [1.29, 1.82) is 0 Å². The normalized spacial score (nSPS) is 35.5. The zero-order valence-corrected chi connectivity index (χ0v) is 7.90. The molecule has 68 valence electrons. The summed E-state index contributed by atoms with van der Waals surface area (Å²) in [6.45, 7) is 6.62. The summed E-state index contributed by atoms with van der Waals surface area (Å²) in [7, 11) is 0. The highest BCUT2D eigenvalue weighted by molar-refractivity contribution is 4.83. The minimum absolute atomic E-state index is 0. The van der Waals surface area contributed by atoms with Gasteiger partial charge in [0.05, 0.1) is 0 Å². The number of hydrogen-bond donors (Lipinski definition) is 1. The van der Waals surface area contributed by atoms with Gasteiger partial charge in [0.2, 0.25) is 0 Å². The van der Waals surface area contributed by atoms with Gasteiger partial charge < -0.3 is 5.32 Å². The molecule has 11 heavy (non-hydrogen) atoms. The van der Waals surface area contributed by atoms with E-state index in [0.717, 1.165) is 11.8 Å². The highest BCUT2D eigenvalue weighted by atomic mass is 14.9. The van der Waals surface area contributed by atoms with Crippen LogP contribution in [0.4, 0.5) is 0 Å². The lowest BCUT2D eigenvalue weighted by molar-refractivity contribution is 0.299. The molecular weight excluding hydrogens is 134 g/mol. The summed E-state index contributed by atoms with van der Waals surface area (Å²) in [6, 6.07) is 0. The van der Waals surface area contributed by atoms with E-state index in [4.69, 9.17) is 0 Å². The molecule has 1 aliphatic heterocycles. The van der Waals surface area contributed by atoms with Crippen LogP contribution in [0.15, 0.2) is 0 Å². The molecule has 1 aliphatic carbocycles. The standard InChI is InChI=1S/C8H15N.C2H6.H2/c1-2-4-8-6-9-5-7(8)3-1;1-2;/h7-9H,1-6H2;1-2H3;1H/t7-,8?;;/m0../s1. The van der Waals surface area contributed by atoms with Crippen LogP contribution < -0.4 is 5.32 Å². The maximum Gasteiger partial charge on any atom is 0 e. The van der Waals surface area contributed by atoms with Gasteiger partial charge in [-0.15, -0.1) is 0 Å². The fourth-order valence-corrected chi connectivity index (χ4v) is 2.28. The Hall–Kier alpha value is -0.0400. The molecule has 0 amide bonds. The van der Waals surface area contributed by atoms with Crippen molar-refractivity contribution in [2.45, 2.75) is 39.5 Å². The first-order valence-electron chi connectivity index (χ1n) is 5.17. The summed E-state index contributed by atoms with van der Waals surface area (Å²) in [5.74, 6) is 2.11. The molecule has 0 aromatic carbocycles. The molecule has 1 saturated heterocycles. The van der Waals surface area contributed by atoms with Crippen LogP contribution in [0.5, 0.6) is 0 Å².